The maximum absolute atomic E-state index is 10.2. The van der Waals surface area contributed by atoms with Crippen molar-refractivity contribution in [1.82, 2.24) is 4.90 Å². The summed E-state index contributed by atoms with van der Waals surface area (Å²) in [5.74, 6) is -0.937. The molecule has 1 saturated heterocycles. The Hall–Kier alpha value is -0.650. The Morgan fingerprint density at radius 2 is 2.50 bits per heavy atom. The molecule has 0 bridgehead atoms. The molecule has 1 N–H and O–H groups in total. The van der Waals surface area contributed by atoms with E-state index in [2.05, 4.69) is 11.8 Å². The largest absolute Gasteiger partial charge is 0.480 e. The van der Waals surface area contributed by atoms with Crippen LogP contribution in [-0.4, -0.2) is 61.5 Å². The van der Waals surface area contributed by atoms with E-state index in [9.17, 15) is 4.79 Å². The predicted octanol–water partition coefficient (Wildman–Crippen LogP) is -0.192. The molecule has 0 aromatic heterocycles. The molecule has 1 atom stereocenters. The number of morpholine rings is 1. The van der Waals surface area contributed by atoms with Crippen molar-refractivity contribution >= 4 is 5.97 Å². The maximum atomic E-state index is 10.2. The summed E-state index contributed by atoms with van der Waals surface area (Å²) in [6.45, 7) is 5.70. The molecule has 0 radical (unpaired) electrons. The van der Waals surface area contributed by atoms with Gasteiger partial charge in [0.15, 0.2) is 0 Å². The van der Waals surface area contributed by atoms with E-state index in [1.54, 1.807) is 0 Å². The molecule has 0 spiro atoms. The van der Waals surface area contributed by atoms with Crippen LogP contribution in [0.15, 0.2) is 0 Å². The Labute approximate surface area is 83.6 Å². The van der Waals surface area contributed by atoms with Crippen LogP contribution in [-0.2, 0) is 14.3 Å². The summed E-state index contributed by atoms with van der Waals surface area (Å²) in [6, 6.07) is 0. The lowest BCUT2D eigenvalue weighted by molar-refractivity contribution is -0.144. The zero-order chi connectivity index (χ0) is 10.4. The quantitative estimate of drug-likeness (QED) is 0.671. The second-order valence-electron chi connectivity index (χ2n) is 3.29. The fourth-order valence-electron chi connectivity index (χ4n) is 1.45. The molecule has 82 valence electrons. The Morgan fingerprint density at radius 3 is 3.14 bits per heavy atom. The van der Waals surface area contributed by atoms with Crippen LogP contribution in [0.4, 0.5) is 0 Å². The van der Waals surface area contributed by atoms with Crippen molar-refractivity contribution in [1.29, 1.82) is 0 Å². The monoisotopic (exact) mass is 203 g/mol. The van der Waals surface area contributed by atoms with Gasteiger partial charge in [-0.15, -0.1) is 0 Å². The second kappa shape index (κ2) is 5.95. The normalized spacial score (nSPS) is 23.6. The fourth-order valence-corrected chi connectivity index (χ4v) is 1.45. The molecule has 5 nitrogen and oxygen atoms in total. The van der Waals surface area contributed by atoms with E-state index in [4.69, 9.17) is 14.6 Å². The van der Waals surface area contributed by atoms with E-state index in [0.717, 1.165) is 19.6 Å². The molecular weight excluding hydrogens is 186 g/mol. The molecule has 0 saturated carbocycles. The minimum Gasteiger partial charge on any atom is -0.480 e. The summed E-state index contributed by atoms with van der Waals surface area (Å²) in [5.41, 5.74) is 0. The van der Waals surface area contributed by atoms with Gasteiger partial charge in [0.1, 0.15) is 6.61 Å². The minimum atomic E-state index is -0.937. The topological polar surface area (TPSA) is 59.0 Å². The van der Waals surface area contributed by atoms with Crippen LogP contribution in [0.5, 0.6) is 0 Å². The lowest BCUT2D eigenvalue weighted by Crippen LogP contribution is -2.44. The van der Waals surface area contributed by atoms with Gasteiger partial charge in [-0.25, -0.2) is 4.79 Å². The van der Waals surface area contributed by atoms with Crippen LogP contribution < -0.4 is 0 Å². The van der Waals surface area contributed by atoms with Crippen LogP contribution in [0.2, 0.25) is 0 Å². The number of ether oxygens (including phenoxy) is 2. The van der Waals surface area contributed by atoms with Crippen LogP contribution in [0, 0.1) is 0 Å². The van der Waals surface area contributed by atoms with Crippen LogP contribution in [0.3, 0.4) is 0 Å². The number of carbonyl (C=O) groups is 1. The van der Waals surface area contributed by atoms with Crippen LogP contribution in [0.1, 0.15) is 6.92 Å². The van der Waals surface area contributed by atoms with Gasteiger partial charge in [-0.3, -0.25) is 4.90 Å². The molecule has 1 fully saturated rings. The Kier molecular flexibility index (Phi) is 4.86. The number of hydrogen-bond donors (Lipinski definition) is 1. The number of carboxylic acid groups (broad SMARTS) is 1. The van der Waals surface area contributed by atoms with Gasteiger partial charge in [-0.05, 0) is 6.54 Å². The van der Waals surface area contributed by atoms with Gasteiger partial charge in [0, 0.05) is 13.1 Å². The Bertz CT molecular complexity index is 186. The van der Waals surface area contributed by atoms with E-state index in [-0.39, 0.29) is 12.7 Å². The summed E-state index contributed by atoms with van der Waals surface area (Å²) in [7, 11) is 0. The van der Waals surface area contributed by atoms with Crippen LogP contribution >= 0.6 is 0 Å². The molecule has 1 aliphatic heterocycles. The summed E-state index contributed by atoms with van der Waals surface area (Å²) in [6.07, 6.45) is 0.0167. The number of likely N-dealkylation sites (N-methyl/N-ethyl adjacent to an activating group) is 1. The zero-order valence-corrected chi connectivity index (χ0v) is 8.44. The first-order valence-electron chi connectivity index (χ1n) is 4.86. The molecule has 1 aliphatic rings. The number of rotatable bonds is 5. The molecule has 5 heteroatoms. The molecule has 0 amide bonds. The van der Waals surface area contributed by atoms with Gasteiger partial charge in [-0.2, -0.15) is 0 Å². The molecule has 0 aliphatic carbocycles. The van der Waals surface area contributed by atoms with Crippen molar-refractivity contribution < 1.29 is 19.4 Å². The average molecular weight is 203 g/mol. The van der Waals surface area contributed by atoms with Crippen molar-refractivity contribution in [3.63, 3.8) is 0 Å². The Morgan fingerprint density at radius 1 is 1.71 bits per heavy atom. The summed E-state index contributed by atoms with van der Waals surface area (Å²) >= 11 is 0. The van der Waals surface area contributed by atoms with Gasteiger partial charge in [0.25, 0.3) is 0 Å². The minimum absolute atomic E-state index is 0.0167. The van der Waals surface area contributed by atoms with E-state index in [1.165, 1.54) is 0 Å². The van der Waals surface area contributed by atoms with Gasteiger partial charge >= 0.3 is 5.97 Å². The van der Waals surface area contributed by atoms with Gasteiger partial charge < -0.3 is 14.6 Å². The van der Waals surface area contributed by atoms with Crippen LogP contribution in [0.25, 0.3) is 0 Å². The first kappa shape index (κ1) is 11.4. The van der Waals surface area contributed by atoms with E-state index in [0.29, 0.717) is 13.2 Å². The highest BCUT2D eigenvalue weighted by molar-refractivity contribution is 5.67. The first-order valence-corrected chi connectivity index (χ1v) is 4.86. The number of nitrogens with zero attached hydrogens (tertiary/aromatic N) is 1. The highest BCUT2D eigenvalue weighted by Gasteiger charge is 2.19. The van der Waals surface area contributed by atoms with Gasteiger partial charge in [-0.1, -0.05) is 6.92 Å². The summed E-state index contributed by atoms with van der Waals surface area (Å²) in [4.78, 5) is 12.4. The van der Waals surface area contributed by atoms with E-state index < -0.39 is 5.97 Å². The fraction of sp³-hybridized carbons (Fsp3) is 0.889. The zero-order valence-electron chi connectivity index (χ0n) is 8.44. The highest BCUT2D eigenvalue weighted by atomic mass is 16.5. The standard InChI is InChI=1S/C9H17NO4/c1-2-10-3-4-14-8(5-10)6-13-7-9(11)12/h8H,2-7H2,1H3,(H,11,12). The molecule has 1 rings (SSSR count). The molecule has 1 unspecified atom stereocenters. The third-order valence-electron chi connectivity index (χ3n) is 2.20. The molecule has 1 heterocycles. The lowest BCUT2D eigenvalue weighted by Gasteiger charge is -2.31. The molecule has 0 aromatic carbocycles. The molecule has 14 heavy (non-hydrogen) atoms. The van der Waals surface area contributed by atoms with Gasteiger partial charge in [0.05, 0.1) is 19.3 Å². The third kappa shape index (κ3) is 4.04. The molecule has 0 aromatic rings. The number of carboxylic acids is 1. The Balaban J connectivity index is 2.14. The lowest BCUT2D eigenvalue weighted by atomic mass is 10.3. The molecular formula is C9H17NO4. The van der Waals surface area contributed by atoms with Crippen molar-refractivity contribution in [3.8, 4) is 0 Å². The van der Waals surface area contributed by atoms with Crippen molar-refractivity contribution in [2.75, 3.05) is 39.5 Å². The van der Waals surface area contributed by atoms with Crippen molar-refractivity contribution in [3.05, 3.63) is 0 Å². The smallest absolute Gasteiger partial charge is 0.329 e. The van der Waals surface area contributed by atoms with Crippen molar-refractivity contribution in [2.24, 2.45) is 0 Å². The second-order valence-corrected chi connectivity index (χ2v) is 3.29. The van der Waals surface area contributed by atoms with E-state index in [1.807, 2.05) is 0 Å². The van der Waals surface area contributed by atoms with E-state index >= 15 is 0 Å². The van der Waals surface area contributed by atoms with Crippen molar-refractivity contribution in [2.45, 2.75) is 13.0 Å². The number of aliphatic carboxylic acids is 1. The summed E-state index contributed by atoms with van der Waals surface area (Å²) in [5, 5.41) is 8.36. The third-order valence-corrected chi connectivity index (χ3v) is 2.20. The maximum Gasteiger partial charge on any atom is 0.329 e. The first-order chi connectivity index (χ1) is 6.72. The average Bonchev–Trinajstić information content (AvgIpc) is 2.18. The number of hydrogen-bond acceptors (Lipinski definition) is 4. The highest BCUT2D eigenvalue weighted by Crippen LogP contribution is 2.04. The SMILES string of the molecule is CCN1CCOC(COCC(=O)O)C1. The summed E-state index contributed by atoms with van der Waals surface area (Å²) < 4.78 is 10.4. The predicted molar refractivity (Wildman–Crippen MR) is 50.3 cm³/mol. The van der Waals surface area contributed by atoms with Gasteiger partial charge in [0.2, 0.25) is 0 Å².